The summed E-state index contributed by atoms with van der Waals surface area (Å²) >= 11 is 0. The molecule has 2 aliphatic heterocycles. The molecule has 2 aromatic rings. The number of nitrogens with two attached hydrogens (primary N) is 1. The number of ether oxygens (including phenoxy) is 4. The Hall–Kier alpha value is -3.48. The molecule has 2 N–H and O–H groups in total. The average molecular weight is 339 g/mol. The normalized spacial score (nSPS) is 15.8. The predicted molar refractivity (Wildman–Crippen MR) is 86.6 cm³/mol. The fourth-order valence-electron chi connectivity index (χ4n) is 2.57. The van der Waals surface area contributed by atoms with Crippen molar-refractivity contribution in [2.24, 2.45) is 5.73 Å². The second-order valence-electron chi connectivity index (χ2n) is 5.47. The number of hydrogen-bond acceptors (Lipinski definition) is 6. The molecule has 4 rings (SSSR count). The number of hydrogen-bond donors (Lipinski definition) is 1. The molecular formula is C18H13NO6. The molecule has 126 valence electrons. The van der Waals surface area contributed by atoms with Crippen LogP contribution in [0.15, 0.2) is 42.2 Å². The van der Waals surface area contributed by atoms with Crippen LogP contribution in [0.1, 0.15) is 15.9 Å². The highest BCUT2D eigenvalue weighted by Crippen LogP contribution is 2.36. The van der Waals surface area contributed by atoms with Crippen molar-refractivity contribution in [3.63, 3.8) is 0 Å². The molecule has 1 amide bonds. The van der Waals surface area contributed by atoms with Crippen LogP contribution in [0.4, 0.5) is 0 Å². The molecule has 2 aromatic carbocycles. The molecular weight excluding hydrogens is 326 g/mol. The van der Waals surface area contributed by atoms with Gasteiger partial charge in [-0.15, -0.1) is 0 Å². The van der Waals surface area contributed by atoms with Gasteiger partial charge in [0.25, 0.3) is 5.91 Å². The lowest BCUT2D eigenvalue weighted by Crippen LogP contribution is -2.19. The van der Waals surface area contributed by atoms with Gasteiger partial charge in [-0.3, -0.25) is 9.59 Å². The molecule has 7 heteroatoms. The average Bonchev–Trinajstić information content (AvgIpc) is 3.17. The maximum absolute atomic E-state index is 12.4. The fraction of sp³-hybridized carbons (Fsp3) is 0.111. The van der Waals surface area contributed by atoms with Gasteiger partial charge in [-0.2, -0.15) is 0 Å². The minimum absolute atomic E-state index is 0.185. The minimum Gasteiger partial charge on any atom is -0.484 e. The number of primary amides is 1. The standard InChI is InChI=1S/C18H13NO6/c19-17(20)8-22-11-2-3-12-14(7-11)25-16(18(12)21)6-10-1-4-13-15(5-10)24-9-23-13/h1-7H,8-9H2,(H2,19,20). The van der Waals surface area contributed by atoms with E-state index in [0.29, 0.717) is 28.6 Å². The van der Waals surface area contributed by atoms with Gasteiger partial charge in [-0.05, 0) is 35.9 Å². The van der Waals surface area contributed by atoms with Crippen molar-refractivity contribution in [2.45, 2.75) is 0 Å². The molecule has 25 heavy (non-hydrogen) atoms. The van der Waals surface area contributed by atoms with Crippen molar-refractivity contribution in [3.8, 4) is 23.0 Å². The van der Waals surface area contributed by atoms with Crippen molar-refractivity contribution in [1.82, 2.24) is 0 Å². The van der Waals surface area contributed by atoms with Crippen molar-refractivity contribution in [1.29, 1.82) is 0 Å². The summed E-state index contributed by atoms with van der Waals surface area (Å²) in [6.07, 6.45) is 1.63. The zero-order valence-corrected chi connectivity index (χ0v) is 13.0. The van der Waals surface area contributed by atoms with Crippen molar-refractivity contribution >= 4 is 17.8 Å². The van der Waals surface area contributed by atoms with Crippen LogP contribution in [0.3, 0.4) is 0 Å². The summed E-state index contributed by atoms with van der Waals surface area (Å²) in [7, 11) is 0. The molecule has 0 bridgehead atoms. The molecule has 0 unspecified atom stereocenters. The van der Waals surface area contributed by atoms with Crippen molar-refractivity contribution in [2.75, 3.05) is 13.4 Å². The van der Waals surface area contributed by atoms with E-state index in [9.17, 15) is 9.59 Å². The number of amides is 1. The van der Waals surface area contributed by atoms with Crippen molar-refractivity contribution < 1.29 is 28.5 Å². The Morgan fingerprint density at radius 3 is 2.80 bits per heavy atom. The van der Waals surface area contributed by atoms with Gasteiger partial charge < -0.3 is 24.7 Å². The topological polar surface area (TPSA) is 97.1 Å². The Morgan fingerprint density at radius 1 is 1.12 bits per heavy atom. The van der Waals surface area contributed by atoms with E-state index in [1.165, 1.54) is 0 Å². The Balaban J connectivity index is 1.58. The van der Waals surface area contributed by atoms with E-state index in [2.05, 4.69) is 0 Å². The molecule has 7 nitrogen and oxygen atoms in total. The van der Waals surface area contributed by atoms with Crippen LogP contribution >= 0.6 is 0 Å². The quantitative estimate of drug-likeness (QED) is 0.855. The third-order valence-corrected chi connectivity index (χ3v) is 3.72. The first-order chi connectivity index (χ1) is 12.1. The molecule has 0 radical (unpaired) electrons. The van der Waals surface area contributed by atoms with E-state index in [1.807, 2.05) is 6.07 Å². The van der Waals surface area contributed by atoms with E-state index in [-0.39, 0.29) is 24.9 Å². The molecule has 2 heterocycles. The van der Waals surface area contributed by atoms with Crippen LogP contribution in [0.25, 0.3) is 6.08 Å². The van der Waals surface area contributed by atoms with Gasteiger partial charge in [-0.1, -0.05) is 6.07 Å². The summed E-state index contributed by atoms with van der Waals surface area (Å²) in [4.78, 5) is 23.2. The van der Waals surface area contributed by atoms with E-state index in [4.69, 9.17) is 24.7 Å². The zero-order chi connectivity index (χ0) is 17.4. The molecule has 0 aromatic heterocycles. The first-order valence-electron chi connectivity index (χ1n) is 7.49. The first-order valence-corrected chi connectivity index (χ1v) is 7.49. The van der Waals surface area contributed by atoms with Gasteiger partial charge in [-0.25, -0.2) is 0 Å². The lowest BCUT2D eigenvalue weighted by atomic mass is 10.1. The van der Waals surface area contributed by atoms with Gasteiger partial charge in [0.05, 0.1) is 5.56 Å². The number of benzene rings is 2. The highest BCUT2D eigenvalue weighted by molar-refractivity contribution is 6.14. The Morgan fingerprint density at radius 2 is 1.96 bits per heavy atom. The maximum atomic E-state index is 12.4. The van der Waals surface area contributed by atoms with Crippen LogP contribution in [0, 0.1) is 0 Å². The lowest BCUT2D eigenvalue weighted by molar-refractivity contribution is -0.119. The number of allylic oxidation sites excluding steroid dienone is 1. The Labute approximate surface area is 142 Å². The number of fused-ring (bicyclic) bond motifs is 2. The van der Waals surface area contributed by atoms with Gasteiger partial charge >= 0.3 is 0 Å². The Bertz CT molecular complexity index is 918. The van der Waals surface area contributed by atoms with Crippen LogP contribution in [0.2, 0.25) is 0 Å². The third kappa shape index (κ3) is 2.87. The molecule has 0 fully saturated rings. The van der Waals surface area contributed by atoms with Crippen LogP contribution in [-0.2, 0) is 4.79 Å². The summed E-state index contributed by atoms with van der Waals surface area (Å²) in [6.45, 7) is -0.0586. The van der Waals surface area contributed by atoms with Crippen LogP contribution in [0.5, 0.6) is 23.0 Å². The molecule has 0 aliphatic carbocycles. The molecule has 0 saturated carbocycles. The highest BCUT2D eigenvalue weighted by atomic mass is 16.7. The predicted octanol–water partition coefficient (Wildman–Crippen LogP) is 1.90. The summed E-state index contributed by atoms with van der Waals surface area (Å²) in [5.74, 6) is 1.45. The second-order valence-corrected chi connectivity index (χ2v) is 5.47. The maximum Gasteiger partial charge on any atom is 0.255 e. The zero-order valence-electron chi connectivity index (χ0n) is 13.0. The summed E-state index contributed by atoms with van der Waals surface area (Å²) in [6, 6.07) is 10.1. The summed E-state index contributed by atoms with van der Waals surface area (Å²) in [5, 5.41) is 0. The molecule has 0 atom stereocenters. The molecule has 0 saturated heterocycles. The van der Waals surface area contributed by atoms with Gasteiger partial charge in [0.2, 0.25) is 12.6 Å². The number of carbonyl (C=O) groups is 2. The SMILES string of the molecule is NC(=O)COc1ccc2c(c1)OC(=Cc1ccc3c(c1)OCO3)C2=O. The summed E-state index contributed by atoms with van der Waals surface area (Å²) < 4.78 is 21.4. The number of Topliss-reactive ketones (excluding diaryl/α,β-unsaturated/α-hetero) is 1. The van der Waals surface area contributed by atoms with E-state index < -0.39 is 5.91 Å². The van der Waals surface area contributed by atoms with E-state index in [1.54, 1.807) is 36.4 Å². The Kier molecular flexibility index (Phi) is 3.53. The van der Waals surface area contributed by atoms with Crippen LogP contribution in [-0.4, -0.2) is 25.1 Å². The van der Waals surface area contributed by atoms with Crippen LogP contribution < -0.4 is 24.7 Å². The largest absolute Gasteiger partial charge is 0.484 e. The van der Waals surface area contributed by atoms with E-state index >= 15 is 0 Å². The number of rotatable bonds is 4. The van der Waals surface area contributed by atoms with Gasteiger partial charge in [0.15, 0.2) is 23.9 Å². The third-order valence-electron chi connectivity index (χ3n) is 3.72. The monoisotopic (exact) mass is 339 g/mol. The first kappa shape index (κ1) is 15.1. The van der Waals surface area contributed by atoms with Crippen molar-refractivity contribution in [3.05, 3.63) is 53.3 Å². The highest BCUT2D eigenvalue weighted by Gasteiger charge is 2.28. The molecule has 2 aliphatic rings. The lowest BCUT2D eigenvalue weighted by Gasteiger charge is -2.04. The van der Waals surface area contributed by atoms with Gasteiger partial charge in [0.1, 0.15) is 11.5 Å². The second kappa shape index (κ2) is 5.86. The minimum atomic E-state index is -0.583. The molecule has 0 spiro atoms. The number of ketones is 1. The van der Waals surface area contributed by atoms with Gasteiger partial charge in [0, 0.05) is 6.07 Å². The summed E-state index contributed by atoms with van der Waals surface area (Å²) in [5.41, 5.74) is 6.23. The smallest absolute Gasteiger partial charge is 0.255 e. The number of carbonyl (C=O) groups excluding carboxylic acids is 2. The van der Waals surface area contributed by atoms with E-state index in [0.717, 1.165) is 5.56 Å². The fourth-order valence-corrected chi connectivity index (χ4v) is 2.57.